The molecule has 3 N–H and O–H groups in total. The van der Waals surface area contributed by atoms with Crippen molar-refractivity contribution in [1.29, 1.82) is 0 Å². The average Bonchev–Trinajstić information content (AvgIpc) is 2.31. The first kappa shape index (κ1) is 7.71. The molecule has 1 aromatic carbocycles. The van der Waals surface area contributed by atoms with Crippen LogP contribution in [-0.4, -0.2) is 11.1 Å². The van der Waals surface area contributed by atoms with Crippen molar-refractivity contribution in [2.24, 2.45) is 5.73 Å². The van der Waals surface area contributed by atoms with Crippen LogP contribution >= 0.6 is 0 Å². The number of hydrogen-bond acceptors (Lipinski definition) is 2. The predicted octanol–water partition coefficient (Wildman–Crippen LogP) is 0.743. The van der Waals surface area contributed by atoms with Crippen molar-refractivity contribution in [3.05, 3.63) is 35.1 Å². The minimum absolute atomic E-state index is 0.276. The highest BCUT2D eigenvalue weighted by atomic mass is 19.1. The molecular formula is C9H10FNO. The van der Waals surface area contributed by atoms with Crippen LogP contribution in [-0.2, 0) is 6.42 Å². The normalized spacial score (nSPS) is 27.2. The fraction of sp³-hybridized carbons (Fsp3) is 0.333. The van der Waals surface area contributed by atoms with Gasteiger partial charge in [0.1, 0.15) is 5.82 Å². The molecule has 0 fully saturated rings. The van der Waals surface area contributed by atoms with Crippen molar-refractivity contribution in [3.63, 3.8) is 0 Å². The summed E-state index contributed by atoms with van der Waals surface area (Å²) in [5.41, 5.74) is 7.20. The van der Waals surface area contributed by atoms with Gasteiger partial charge < -0.3 is 10.8 Å². The Balaban J connectivity index is 2.48. The maximum Gasteiger partial charge on any atom is 0.123 e. The van der Waals surface area contributed by atoms with E-state index in [1.54, 1.807) is 6.07 Å². The molecule has 1 aliphatic carbocycles. The van der Waals surface area contributed by atoms with E-state index in [-0.39, 0.29) is 11.9 Å². The summed E-state index contributed by atoms with van der Waals surface area (Å²) in [6.07, 6.45) is -0.0627. The molecule has 0 aliphatic heterocycles. The molecule has 3 heteroatoms. The van der Waals surface area contributed by atoms with E-state index < -0.39 is 6.10 Å². The van der Waals surface area contributed by atoms with E-state index in [1.807, 2.05) is 0 Å². The summed E-state index contributed by atoms with van der Waals surface area (Å²) in [7, 11) is 0. The van der Waals surface area contributed by atoms with E-state index in [0.29, 0.717) is 12.0 Å². The van der Waals surface area contributed by atoms with E-state index in [0.717, 1.165) is 5.56 Å². The summed E-state index contributed by atoms with van der Waals surface area (Å²) in [5.74, 6) is -0.318. The molecule has 0 spiro atoms. The Bertz CT molecular complexity index is 313. The number of aliphatic hydroxyl groups is 1. The standard InChI is InChI=1S/C9H10FNO/c10-6-2-1-5-3-8(11)9(12)7(5)4-6/h1-2,4,8-9,12H,3,11H2/t8-,9-/m1/s1. The van der Waals surface area contributed by atoms with Crippen LogP contribution in [0.2, 0.25) is 0 Å². The number of fused-ring (bicyclic) bond motifs is 1. The number of aliphatic hydroxyl groups excluding tert-OH is 1. The van der Waals surface area contributed by atoms with Gasteiger partial charge in [0.05, 0.1) is 6.10 Å². The Morgan fingerprint density at radius 3 is 3.00 bits per heavy atom. The second-order valence-electron chi connectivity index (χ2n) is 3.16. The lowest BCUT2D eigenvalue weighted by atomic mass is 10.1. The van der Waals surface area contributed by atoms with Crippen LogP contribution in [0.4, 0.5) is 4.39 Å². The lowest BCUT2D eigenvalue weighted by Crippen LogP contribution is -2.24. The van der Waals surface area contributed by atoms with Crippen molar-refractivity contribution >= 4 is 0 Å². The molecule has 0 aromatic heterocycles. The van der Waals surface area contributed by atoms with Crippen molar-refractivity contribution in [2.75, 3.05) is 0 Å². The second-order valence-corrected chi connectivity index (χ2v) is 3.16. The van der Waals surface area contributed by atoms with E-state index in [1.165, 1.54) is 12.1 Å². The summed E-state index contributed by atoms with van der Waals surface area (Å²) >= 11 is 0. The highest BCUT2D eigenvalue weighted by molar-refractivity contribution is 5.36. The van der Waals surface area contributed by atoms with Gasteiger partial charge in [-0.2, -0.15) is 0 Å². The summed E-state index contributed by atoms with van der Waals surface area (Å²) in [6.45, 7) is 0. The second kappa shape index (κ2) is 2.54. The first-order chi connectivity index (χ1) is 5.68. The van der Waals surface area contributed by atoms with Crippen LogP contribution in [0.3, 0.4) is 0 Å². The molecule has 0 bridgehead atoms. The van der Waals surface area contributed by atoms with Crippen molar-refractivity contribution in [1.82, 2.24) is 0 Å². The van der Waals surface area contributed by atoms with Crippen molar-refractivity contribution < 1.29 is 9.50 Å². The molecule has 2 nitrogen and oxygen atoms in total. The zero-order valence-corrected chi connectivity index (χ0v) is 6.50. The maximum atomic E-state index is 12.7. The Hall–Kier alpha value is -0.930. The zero-order valence-electron chi connectivity index (χ0n) is 6.50. The van der Waals surface area contributed by atoms with Crippen LogP contribution in [0.25, 0.3) is 0 Å². The van der Waals surface area contributed by atoms with Gasteiger partial charge in [0.25, 0.3) is 0 Å². The van der Waals surface area contributed by atoms with Gasteiger partial charge in [0.2, 0.25) is 0 Å². The lowest BCUT2D eigenvalue weighted by Gasteiger charge is -2.07. The molecule has 0 saturated heterocycles. The van der Waals surface area contributed by atoms with Gasteiger partial charge in [-0.3, -0.25) is 0 Å². The molecule has 2 atom stereocenters. The third-order valence-corrected chi connectivity index (χ3v) is 2.29. The summed E-state index contributed by atoms with van der Waals surface area (Å²) in [6, 6.07) is 4.15. The third kappa shape index (κ3) is 1.02. The fourth-order valence-corrected chi connectivity index (χ4v) is 1.62. The van der Waals surface area contributed by atoms with Gasteiger partial charge in [-0.15, -0.1) is 0 Å². The highest BCUT2D eigenvalue weighted by Gasteiger charge is 2.27. The molecule has 64 valence electrons. The number of nitrogens with two attached hydrogens (primary N) is 1. The Morgan fingerprint density at radius 2 is 2.25 bits per heavy atom. The number of benzene rings is 1. The maximum absolute atomic E-state index is 12.7. The van der Waals surface area contributed by atoms with Gasteiger partial charge in [-0.25, -0.2) is 4.39 Å². The van der Waals surface area contributed by atoms with Crippen molar-refractivity contribution in [3.8, 4) is 0 Å². The first-order valence-electron chi connectivity index (χ1n) is 3.90. The van der Waals surface area contributed by atoms with Crippen LogP contribution in [0.5, 0.6) is 0 Å². The molecule has 0 heterocycles. The average molecular weight is 167 g/mol. The van der Waals surface area contributed by atoms with Crippen LogP contribution in [0.1, 0.15) is 17.2 Å². The highest BCUT2D eigenvalue weighted by Crippen LogP contribution is 2.30. The third-order valence-electron chi connectivity index (χ3n) is 2.29. The van der Waals surface area contributed by atoms with Gasteiger partial charge in [0.15, 0.2) is 0 Å². The molecule has 12 heavy (non-hydrogen) atoms. The first-order valence-corrected chi connectivity index (χ1v) is 3.90. The number of rotatable bonds is 0. The van der Waals surface area contributed by atoms with Crippen LogP contribution in [0, 0.1) is 5.82 Å². The molecule has 2 rings (SSSR count). The summed E-state index contributed by atoms with van der Waals surface area (Å²) < 4.78 is 12.7. The Morgan fingerprint density at radius 1 is 1.50 bits per heavy atom. The predicted molar refractivity (Wildman–Crippen MR) is 43.0 cm³/mol. The van der Waals surface area contributed by atoms with E-state index in [9.17, 15) is 9.50 Å². The molecule has 1 aromatic rings. The SMILES string of the molecule is N[C@@H]1Cc2ccc(F)cc2[C@H]1O. The van der Waals surface area contributed by atoms with E-state index >= 15 is 0 Å². The minimum Gasteiger partial charge on any atom is -0.387 e. The van der Waals surface area contributed by atoms with Gasteiger partial charge >= 0.3 is 0 Å². The van der Waals surface area contributed by atoms with Crippen LogP contribution in [0.15, 0.2) is 18.2 Å². The quantitative estimate of drug-likeness (QED) is 0.598. The Labute approximate surface area is 69.8 Å². The monoisotopic (exact) mass is 167 g/mol. The molecule has 1 aliphatic rings. The molecule has 0 amide bonds. The number of halogens is 1. The van der Waals surface area contributed by atoms with Crippen LogP contribution < -0.4 is 5.73 Å². The van der Waals surface area contributed by atoms with Gasteiger partial charge in [-0.05, 0) is 29.7 Å². The Kier molecular flexibility index (Phi) is 1.63. The van der Waals surface area contributed by atoms with Gasteiger partial charge in [0, 0.05) is 6.04 Å². The largest absolute Gasteiger partial charge is 0.387 e. The molecule has 0 saturated carbocycles. The molecule has 0 unspecified atom stereocenters. The lowest BCUT2D eigenvalue weighted by molar-refractivity contribution is 0.159. The topological polar surface area (TPSA) is 46.2 Å². The van der Waals surface area contributed by atoms with Crippen molar-refractivity contribution in [2.45, 2.75) is 18.6 Å². The van der Waals surface area contributed by atoms with E-state index in [4.69, 9.17) is 5.73 Å². The summed E-state index contributed by atoms with van der Waals surface area (Å²) in [5, 5.41) is 9.48. The minimum atomic E-state index is -0.698. The zero-order chi connectivity index (χ0) is 8.72. The smallest absolute Gasteiger partial charge is 0.123 e. The van der Waals surface area contributed by atoms with E-state index in [2.05, 4.69) is 0 Å². The molecule has 0 radical (unpaired) electrons. The number of hydrogen-bond donors (Lipinski definition) is 2. The molecular weight excluding hydrogens is 157 g/mol. The van der Waals surface area contributed by atoms with Gasteiger partial charge in [-0.1, -0.05) is 6.07 Å². The summed E-state index contributed by atoms with van der Waals surface area (Å²) in [4.78, 5) is 0. The fourth-order valence-electron chi connectivity index (χ4n) is 1.62.